The molecule has 158 valence electrons. The predicted octanol–water partition coefficient (Wildman–Crippen LogP) is 2.99. The second-order valence-corrected chi connectivity index (χ2v) is 7.68. The van der Waals surface area contributed by atoms with Gasteiger partial charge in [-0.15, -0.1) is 0 Å². The van der Waals surface area contributed by atoms with Crippen molar-refractivity contribution >= 4 is 12.0 Å². The zero-order valence-electron chi connectivity index (χ0n) is 17.8. The van der Waals surface area contributed by atoms with Gasteiger partial charge in [0.15, 0.2) is 11.5 Å². The first-order valence-electron chi connectivity index (χ1n) is 10.2. The van der Waals surface area contributed by atoms with E-state index in [1.54, 1.807) is 33.5 Å². The van der Waals surface area contributed by atoms with E-state index in [-0.39, 0.29) is 5.91 Å². The van der Waals surface area contributed by atoms with Crippen LogP contribution >= 0.6 is 0 Å². The summed E-state index contributed by atoms with van der Waals surface area (Å²) in [6.07, 6.45) is 4.49. The van der Waals surface area contributed by atoms with Crippen LogP contribution in [0.1, 0.15) is 16.7 Å². The van der Waals surface area contributed by atoms with Crippen molar-refractivity contribution in [1.82, 2.24) is 9.80 Å². The molecule has 4 rings (SSSR count). The second-order valence-electron chi connectivity index (χ2n) is 7.68. The summed E-state index contributed by atoms with van der Waals surface area (Å²) < 4.78 is 16.1. The maximum Gasteiger partial charge on any atom is 0.246 e. The molecule has 2 aromatic rings. The average molecular weight is 408 g/mol. The summed E-state index contributed by atoms with van der Waals surface area (Å²) in [6, 6.07) is 12.7. The van der Waals surface area contributed by atoms with E-state index in [0.717, 1.165) is 38.2 Å². The molecule has 0 unspecified atom stereocenters. The van der Waals surface area contributed by atoms with Crippen LogP contribution in [0.4, 0.5) is 0 Å². The molecule has 0 radical (unpaired) electrons. The van der Waals surface area contributed by atoms with Crippen LogP contribution in [0.3, 0.4) is 0 Å². The Hall–Kier alpha value is -2.99. The minimum Gasteiger partial charge on any atom is -0.493 e. The highest BCUT2D eigenvalue weighted by molar-refractivity contribution is 5.92. The van der Waals surface area contributed by atoms with Crippen LogP contribution in [0.25, 0.3) is 6.08 Å². The van der Waals surface area contributed by atoms with Crippen LogP contribution in [0.2, 0.25) is 0 Å². The molecule has 0 atom stereocenters. The van der Waals surface area contributed by atoms with Crippen LogP contribution in [0.5, 0.6) is 17.2 Å². The molecule has 2 aromatic carbocycles. The lowest BCUT2D eigenvalue weighted by Crippen LogP contribution is -2.61. The molecular formula is C24H28N2O4. The van der Waals surface area contributed by atoms with Crippen LogP contribution in [-0.4, -0.2) is 62.7 Å². The summed E-state index contributed by atoms with van der Waals surface area (Å²) in [5.74, 6) is 1.70. The molecule has 1 fully saturated rings. The summed E-state index contributed by atoms with van der Waals surface area (Å²) in [5.41, 5.74) is 3.69. The molecule has 6 nitrogen and oxygen atoms in total. The Bertz CT molecular complexity index is 925. The maximum atomic E-state index is 12.6. The first kappa shape index (κ1) is 20.3. The van der Waals surface area contributed by atoms with E-state index in [1.165, 1.54) is 11.1 Å². The highest BCUT2D eigenvalue weighted by Crippen LogP contribution is 2.38. The van der Waals surface area contributed by atoms with Crippen molar-refractivity contribution in [2.24, 2.45) is 0 Å². The number of carbonyl (C=O) groups is 1. The molecule has 0 aromatic heterocycles. The predicted molar refractivity (Wildman–Crippen MR) is 116 cm³/mol. The third kappa shape index (κ3) is 4.00. The number of amides is 1. The van der Waals surface area contributed by atoms with E-state index >= 15 is 0 Å². The summed E-state index contributed by atoms with van der Waals surface area (Å²) >= 11 is 0. The number of carbonyl (C=O) groups excluding carboxylic acids is 1. The first-order chi connectivity index (χ1) is 14.6. The minimum atomic E-state index is 0.0254. The molecule has 6 heteroatoms. The van der Waals surface area contributed by atoms with Gasteiger partial charge in [0, 0.05) is 38.3 Å². The summed E-state index contributed by atoms with van der Waals surface area (Å²) in [7, 11) is 4.73. The Kier molecular flexibility index (Phi) is 5.95. The van der Waals surface area contributed by atoms with Crippen LogP contribution in [-0.2, 0) is 17.8 Å². The van der Waals surface area contributed by atoms with Gasteiger partial charge in [-0.05, 0) is 41.3 Å². The first-order valence-corrected chi connectivity index (χ1v) is 10.2. The van der Waals surface area contributed by atoms with Crippen molar-refractivity contribution < 1.29 is 19.0 Å². The van der Waals surface area contributed by atoms with Gasteiger partial charge in [0.2, 0.25) is 11.7 Å². The third-order valence-corrected chi connectivity index (χ3v) is 5.96. The highest BCUT2D eigenvalue weighted by atomic mass is 16.5. The van der Waals surface area contributed by atoms with Gasteiger partial charge >= 0.3 is 0 Å². The number of fused-ring (bicyclic) bond motifs is 1. The molecule has 30 heavy (non-hydrogen) atoms. The zero-order valence-corrected chi connectivity index (χ0v) is 17.8. The average Bonchev–Trinajstić information content (AvgIpc) is 2.75. The van der Waals surface area contributed by atoms with Gasteiger partial charge in [-0.3, -0.25) is 9.69 Å². The molecule has 2 aliphatic rings. The molecule has 1 saturated heterocycles. The normalized spacial score (nSPS) is 16.8. The Balaban J connectivity index is 1.35. The molecule has 1 amide bonds. The Morgan fingerprint density at radius 1 is 1.00 bits per heavy atom. The highest BCUT2D eigenvalue weighted by Gasteiger charge is 2.35. The van der Waals surface area contributed by atoms with Gasteiger partial charge in [0.05, 0.1) is 21.3 Å². The molecule has 2 aliphatic heterocycles. The van der Waals surface area contributed by atoms with Crippen molar-refractivity contribution in [2.75, 3.05) is 41.0 Å². The van der Waals surface area contributed by atoms with E-state index in [9.17, 15) is 4.79 Å². The van der Waals surface area contributed by atoms with Gasteiger partial charge in [-0.25, -0.2) is 0 Å². The van der Waals surface area contributed by atoms with Crippen molar-refractivity contribution in [3.63, 3.8) is 0 Å². The lowest BCUT2D eigenvalue weighted by Gasteiger charge is -2.46. The van der Waals surface area contributed by atoms with Crippen molar-refractivity contribution in [1.29, 1.82) is 0 Å². The van der Waals surface area contributed by atoms with Crippen LogP contribution < -0.4 is 14.2 Å². The van der Waals surface area contributed by atoms with Gasteiger partial charge in [-0.2, -0.15) is 0 Å². The molecule has 0 spiro atoms. The quantitative estimate of drug-likeness (QED) is 0.688. The number of ether oxygens (including phenoxy) is 3. The topological polar surface area (TPSA) is 51.2 Å². The SMILES string of the molecule is COc1cc(/C=C/C(=O)N2CC(N3CCc4ccccc4C3)C2)cc(OC)c1OC. The molecular weight excluding hydrogens is 380 g/mol. The van der Waals surface area contributed by atoms with E-state index in [2.05, 4.69) is 29.2 Å². The molecule has 0 N–H and O–H groups in total. The fraction of sp³-hybridized carbons (Fsp3) is 0.375. The number of rotatable bonds is 6. The lowest BCUT2D eigenvalue weighted by molar-refractivity contribution is -0.133. The fourth-order valence-corrected chi connectivity index (χ4v) is 4.17. The molecule has 0 saturated carbocycles. The number of benzene rings is 2. The van der Waals surface area contributed by atoms with Gasteiger partial charge in [-0.1, -0.05) is 24.3 Å². The number of likely N-dealkylation sites (tertiary alicyclic amines) is 1. The minimum absolute atomic E-state index is 0.0254. The largest absolute Gasteiger partial charge is 0.493 e. The van der Waals surface area contributed by atoms with Crippen LogP contribution in [0.15, 0.2) is 42.5 Å². The smallest absolute Gasteiger partial charge is 0.246 e. The molecule has 0 aliphatic carbocycles. The van der Waals surface area contributed by atoms with E-state index in [1.807, 2.05) is 17.0 Å². The molecule has 0 bridgehead atoms. The second kappa shape index (κ2) is 8.79. The van der Waals surface area contributed by atoms with Crippen molar-refractivity contribution in [3.8, 4) is 17.2 Å². The van der Waals surface area contributed by atoms with E-state index in [4.69, 9.17) is 14.2 Å². The monoisotopic (exact) mass is 408 g/mol. The summed E-state index contributed by atoms with van der Waals surface area (Å²) in [6.45, 7) is 3.59. The zero-order chi connectivity index (χ0) is 21.1. The number of nitrogens with zero attached hydrogens (tertiary/aromatic N) is 2. The standard InChI is InChI=1S/C24H28N2O4/c1-28-21-12-17(13-22(29-2)24(21)30-3)8-9-23(27)26-15-20(16-26)25-11-10-18-6-4-5-7-19(18)14-25/h4-9,12-13,20H,10-11,14-16H2,1-3H3/b9-8+. The summed E-state index contributed by atoms with van der Waals surface area (Å²) in [5, 5.41) is 0. The van der Waals surface area contributed by atoms with E-state index < -0.39 is 0 Å². The van der Waals surface area contributed by atoms with Crippen molar-refractivity contribution in [2.45, 2.75) is 19.0 Å². The Morgan fingerprint density at radius 3 is 2.30 bits per heavy atom. The van der Waals surface area contributed by atoms with Gasteiger partial charge in [0.25, 0.3) is 0 Å². The Labute approximate surface area is 177 Å². The number of hydrogen-bond donors (Lipinski definition) is 0. The van der Waals surface area contributed by atoms with Gasteiger partial charge in [0.1, 0.15) is 0 Å². The van der Waals surface area contributed by atoms with E-state index in [0.29, 0.717) is 23.3 Å². The maximum absolute atomic E-state index is 12.6. The number of methoxy groups -OCH3 is 3. The van der Waals surface area contributed by atoms with Crippen LogP contribution in [0, 0.1) is 0 Å². The lowest BCUT2D eigenvalue weighted by atomic mass is 9.96. The molecule has 2 heterocycles. The summed E-state index contributed by atoms with van der Waals surface area (Å²) in [4.78, 5) is 17.0. The van der Waals surface area contributed by atoms with Gasteiger partial charge < -0.3 is 19.1 Å². The fourth-order valence-electron chi connectivity index (χ4n) is 4.17. The van der Waals surface area contributed by atoms with Crippen molar-refractivity contribution in [3.05, 3.63) is 59.2 Å². The number of hydrogen-bond acceptors (Lipinski definition) is 5. The third-order valence-electron chi connectivity index (χ3n) is 5.96. The Morgan fingerprint density at radius 2 is 1.67 bits per heavy atom.